The third-order valence-corrected chi connectivity index (χ3v) is 3.20. The van der Waals surface area contributed by atoms with Crippen molar-refractivity contribution in [3.8, 4) is 6.07 Å². The van der Waals surface area contributed by atoms with Crippen LogP contribution in [0.4, 0.5) is 5.69 Å². The zero-order valence-corrected chi connectivity index (χ0v) is 8.44. The van der Waals surface area contributed by atoms with Crippen molar-refractivity contribution >= 4 is 5.69 Å². The van der Waals surface area contributed by atoms with Gasteiger partial charge in [0, 0.05) is 0 Å². The molecule has 1 aromatic carbocycles. The Hall–Kier alpha value is -1.69. The summed E-state index contributed by atoms with van der Waals surface area (Å²) in [6.45, 7) is 0. The van der Waals surface area contributed by atoms with Crippen LogP contribution in [-0.4, -0.2) is 0 Å². The van der Waals surface area contributed by atoms with Crippen LogP contribution in [0.3, 0.4) is 0 Å². The molecule has 0 aromatic heterocycles. The Kier molecular flexibility index (Phi) is 2.51. The van der Waals surface area contributed by atoms with Gasteiger partial charge >= 0.3 is 0 Å². The highest BCUT2D eigenvalue weighted by molar-refractivity contribution is 5.43. The lowest BCUT2D eigenvalue weighted by atomic mass is 9.80. The third-order valence-electron chi connectivity index (χ3n) is 3.20. The number of nitroso groups, excluding NO2 is 1. The van der Waals surface area contributed by atoms with Crippen LogP contribution in [0.2, 0.25) is 0 Å². The standard InChI is InChI=1S/C12H12N2O/c13-9-12(7-1-2-8-12)10-3-5-11(14-15)6-4-10/h3-6H,1-2,7-8H2. The van der Waals surface area contributed by atoms with Gasteiger partial charge in [-0.2, -0.15) is 5.26 Å². The minimum absolute atomic E-state index is 0.318. The average Bonchev–Trinajstić information content (AvgIpc) is 2.79. The summed E-state index contributed by atoms with van der Waals surface area (Å²) in [5.41, 5.74) is 1.13. The van der Waals surface area contributed by atoms with Crippen LogP contribution in [0, 0.1) is 16.2 Å². The number of hydrogen-bond acceptors (Lipinski definition) is 3. The van der Waals surface area contributed by atoms with E-state index in [4.69, 9.17) is 0 Å². The number of nitrogens with zero attached hydrogens (tertiary/aromatic N) is 2. The Balaban J connectivity index is 2.36. The molecule has 0 amide bonds. The molecule has 1 aromatic rings. The molecule has 0 radical (unpaired) electrons. The predicted octanol–water partition coefficient (Wildman–Crippen LogP) is 3.42. The molecule has 1 fully saturated rings. The summed E-state index contributed by atoms with van der Waals surface area (Å²) in [6.07, 6.45) is 4.08. The fourth-order valence-corrected chi connectivity index (χ4v) is 2.28. The smallest absolute Gasteiger partial charge is 0.108 e. The van der Waals surface area contributed by atoms with Gasteiger partial charge in [-0.1, -0.05) is 25.0 Å². The molecule has 0 N–H and O–H groups in total. The van der Waals surface area contributed by atoms with E-state index < -0.39 is 0 Å². The van der Waals surface area contributed by atoms with Crippen molar-refractivity contribution in [2.24, 2.45) is 5.18 Å². The van der Waals surface area contributed by atoms with Crippen LogP contribution < -0.4 is 0 Å². The monoisotopic (exact) mass is 200 g/mol. The minimum Gasteiger partial charge on any atom is -0.197 e. The quantitative estimate of drug-likeness (QED) is 0.687. The topological polar surface area (TPSA) is 53.2 Å². The molecule has 0 unspecified atom stereocenters. The van der Waals surface area contributed by atoms with Gasteiger partial charge in [0.05, 0.1) is 11.5 Å². The van der Waals surface area contributed by atoms with E-state index in [9.17, 15) is 10.2 Å². The molecule has 1 aliphatic rings. The van der Waals surface area contributed by atoms with Crippen LogP contribution in [0.1, 0.15) is 31.2 Å². The molecule has 0 bridgehead atoms. The highest BCUT2D eigenvalue weighted by atomic mass is 16.3. The minimum atomic E-state index is -0.318. The maximum absolute atomic E-state index is 10.3. The molecular weight excluding hydrogens is 188 g/mol. The second-order valence-electron chi connectivity index (χ2n) is 4.04. The Labute approximate surface area is 88.7 Å². The molecule has 0 atom stereocenters. The first-order valence-electron chi connectivity index (χ1n) is 5.16. The van der Waals surface area contributed by atoms with Gasteiger partial charge in [0.15, 0.2) is 0 Å². The van der Waals surface area contributed by atoms with Crippen molar-refractivity contribution in [3.05, 3.63) is 34.7 Å². The Morgan fingerprint density at radius 2 is 1.80 bits per heavy atom. The Morgan fingerprint density at radius 1 is 1.20 bits per heavy atom. The van der Waals surface area contributed by atoms with Crippen LogP contribution >= 0.6 is 0 Å². The SMILES string of the molecule is N#CC1(c2ccc(N=O)cc2)CCCC1. The largest absolute Gasteiger partial charge is 0.197 e. The lowest BCUT2D eigenvalue weighted by molar-refractivity contribution is 0.573. The summed E-state index contributed by atoms with van der Waals surface area (Å²) in [4.78, 5) is 10.3. The van der Waals surface area contributed by atoms with Gasteiger partial charge in [0.2, 0.25) is 0 Å². The number of rotatable bonds is 2. The van der Waals surface area contributed by atoms with Gasteiger partial charge in [-0.25, -0.2) is 0 Å². The molecular formula is C12H12N2O. The van der Waals surface area contributed by atoms with E-state index in [-0.39, 0.29) is 5.41 Å². The zero-order chi connectivity index (χ0) is 10.7. The first kappa shape index (κ1) is 9.85. The molecule has 2 rings (SSSR count). The van der Waals surface area contributed by atoms with Crippen molar-refractivity contribution in [1.82, 2.24) is 0 Å². The normalized spacial score (nSPS) is 18.3. The third kappa shape index (κ3) is 1.63. The summed E-state index contributed by atoms with van der Waals surface area (Å²) >= 11 is 0. The summed E-state index contributed by atoms with van der Waals surface area (Å²) in [7, 11) is 0. The predicted molar refractivity (Wildman–Crippen MR) is 57.7 cm³/mol. The fraction of sp³-hybridized carbons (Fsp3) is 0.417. The van der Waals surface area contributed by atoms with Gasteiger partial charge in [-0.15, -0.1) is 4.91 Å². The van der Waals surface area contributed by atoms with Crippen molar-refractivity contribution in [1.29, 1.82) is 5.26 Å². The second-order valence-corrected chi connectivity index (χ2v) is 4.04. The van der Waals surface area contributed by atoms with Gasteiger partial charge in [0.1, 0.15) is 5.69 Å². The zero-order valence-electron chi connectivity index (χ0n) is 8.44. The number of hydrogen-bond donors (Lipinski definition) is 0. The van der Waals surface area contributed by atoms with Crippen LogP contribution in [0.25, 0.3) is 0 Å². The van der Waals surface area contributed by atoms with E-state index in [1.54, 1.807) is 12.1 Å². The summed E-state index contributed by atoms with van der Waals surface area (Å²) in [6, 6.07) is 9.49. The lowest BCUT2D eigenvalue weighted by Gasteiger charge is -2.20. The molecule has 1 saturated carbocycles. The number of nitriles is 1. The molecule has 0 heterocycles. The average molecular weight is 200 g/mol. The van der Waals surface area contributed by atoms with Gasteiger partial charge in [0.25, 0.3) is 0 Å². The molecule has 3 heteroatoms. The summed E-state index contributed by atoms with van der Waals surface area (Å²) < 4.78 is 0. The second kappa shape index (κ2) is 3.82. The van der Waals surface area contributed by atoms with Crippen molar-refractivity contribution in [2.75, 3.05) is 0 Å². The van der Waals surface area contributed by atoms with Crippen LogP contribution in [-0.2, 0) is 5.41 Å². The first-order valence-corrected chi connectivity index (χ1v) is 5.16. The molecule has 76 valence electrons. The van der Waals surface area contributed by atoms with Crippen LogP contribution in [0.15, 0.2) is 29.4 Å². The van der Waals surface area contributed by atoms with Crippen molar-refractivity contribution in [3.63, 3.8) is 0 Å². The Morgan fingerprint density at radius 3 is 2.27 bits per heavy atom. The first-order chi connectivity index (χ1) is 7.30. The van der Waals surface area contributed by atoms with Crippen LogP contribution in [0.5, 0.6) is 0 Å². The molecule has 0 spiro atoms. The lowest BCUT2D eigenvalue weighted by Crippen LogP contribution is -2.18. The molecule has 3 nitrogen and oxygen atoms in total. The van der Waals surface area contributed by atoms with Gasteiger partial charge in [-0.05, 0) is 35.7 Å². The molecule has 0 saturated heterocycles. The van der Waals surface area contributed by atoms with E-state index in [0.29, 0.717) is 5.69 Å². The summed E-state index contributed by atoms with van der Waals surface area (Å²) in [5, 5.41) is 12.1. The molecule has 15 heavy (non-hydrogen) atoms. The number of benzene rings is 1. The maximum Gasteiger partial charge on any atom is 0.108 e. The van der Waals surface area contributed by atoms with Crippen molar-refractivity contribution in [2.45, 2.75) is 31.1 Å². The summed E-state index contributed by atoms with van der Waals surface area (Å²) in [5.74, 6) is 0. The highest BCUT2D eigenvalue weighted by Gasteiger charge is 2.35. The maximum atomic E-state index is 10.3. The van der Waals surface area contributed by atoms with E-state index in [2.05, 4.69) is 11.2 Å². The van der Waals surface area contributed by atoms with E-state index in [1.165, 1.54) is 0 Å². The molecule has 1 aliphatic carbocycles. The molecule has 0 aliphatic heterocycles. The fourth-order valence-electron chi connectivity index (χ4n) is 2.28. The van der Waals surface area contributed by atoms with E-state index >= 15 is 0 Å². The van der Waals surface area contributed by atoms with Gasteiger partial charge < -0.3 is 0 Å². The highest BCUT2D eigenvalue weighted by Crippen LogP contribution is 2.40. The Bertz CT molecular complexity index is 397. The van der Waals surface area contributed by atoms with Crippen molar-refractivity contribution < 1.29 is 0 Å². The van der Waals surface area contributed by atoms with E-state index in [0.717, 1.165) is 31.2 Å². The van der Waals surface area contributed by atoms with E-state index in [1.807, 2.05) is 12.1 Å². The van der Waals surface area contributed by atoms with Gasteiger partial charge in [-0.3, -0.25) is 0 Å².